The van der Waals surface area contributed by atoms with Crippen molar-refractivity contribution in [3.63, 3.8) is 0 Å². The third kappa shape index (κ3) is 4.16. The average molecular weight is 270 g/mol. The van der Waals surface area contributed by atoms with E-state index in [0.717, 1.165) is 17.7 Å². The second kappa shape index (κ2) is 6.80. The molecule has 2 fully saturated rings. The van der Waals surface area contributed by atoms with Crippen molar-refractivity contribution in [1.82, 2.24) is 10.2 Å². The van der Waals surface area contributed by atoms with Crippen LogP contribution in [0, 0.1) is 5.92 Å². The van der Waals surface area contributed by atoms with E-state index in [1.807, 2.05) is 23.7 Å². The Labute approximate surface area is 115 Å². The lowest BCUT2D eigenvalue weighted by Gasteiger charge is -2.25. The summed E-state index contributed by atoms with van der Waals surface area (Å²) in [6.45, 7) is 3.77. The van der Waals surface area contributed by atoms with Crippen LogP contribution in [0.3, 0.4) is 0 Å². The smallest absolute Gasteiger partial charge is 0.236 e. The molecule has 0 bridgehead atoms. The van der Waals surface area contributed by atoms with Gasteiger partial charge in [0.25, 0.3) is 0 Å². The molecule has 2 saturated carbocycles. The summed E-state index contributed by atoms with van der Waals surface area (Å²) in [5, 5.41) is 4.06. The van der Waals surface area contributed by atoms with Crippen molar-refractivity contribution in [2.75, 3.05) is 25.9 Å². The molecule has 0 radical (unpaired) electrons. The highest BCUT2D eigenvalue weighted by Gasteiger charge is 2.29. The van der Waals surface area contributed by atoms with E-state index in [1.165, 1.54) is 37.9 Å². The Morgan fingerprint density at radius 2 is 2.11 bits per heavy atom. The van der Waals surface area contributed by atoms with Crippen LogP contribution in [-0.2, 0) is 4.79 Å². The van der Waals surface area contributed by atoms with Gasteiger partial charge in [0.1, 0.15) is 0 Å². The number of nitrogens with zero attached hydrogens (tertiary/aromatic N) is 1. The van der Waals surface area contributed by atoms with E-state index >= 15 is 0 Å². The molecule has 2 unspecified atom stereocenters. The first-order chi connectivity index (χ1) is 8.70. The van der Waals surface area contributed by atoms with Crippen molar-refractivity contribution >= 4 is 17.7 Å². The first-order valence-corrected chi connectivity index (χ1v) is 8.33. The Balaban J connectivity index is 1.65. The van der Waals surface area contributed by atoms with Crippen molar-refractivity contribution in [1.29, 1.82) is 0 Å². The van der Waals surface area contributed by atoms with E-state index in [9.17, 15) is 4.79 Å². The van der Waals surface area contributed by atoms with Gasteiger partial charge in [-0.2, -0.15) is 11.8 Å². The van der Waals surface area contributed by atoms with Crippen LogP contribution in [0.4, 0.5) is 0 Å². The lowest BCUT2D eigenvalue weighted by atomic mass is 10.2. The molecule has 0 saturated heterocycles. The van der Waals surface area contributed by atoms with Gasteiger partial charge in [-0.1, -0.05) is 6.92 Å². The molecule has 2 aliphatic carbocycles. The minimum absolute atomic E-state index is 0.266. The maximum atomic E-state index is 12.1. The summed E-state index contributed by atoms with van der Waals surface area (Å²) < 4.78 is 0. The van der Waals surface area contributed by atoms with E-state index in [0.29, 0.717) is 12.6 Å². The molecule has 4 heteroatoms. The van der Waals surface area contributed by atoms with Crippen molar-refractivity contribution in [2.45, 2.75) is 50.3 Å². The minimum atomic E-state index is 0.266. The number of thioether (sulfide) groups is 1. The van der Waals surface area contributed by atoms with Crippen LogP contribution in [0.1, 0.15) is 39.0 Å². The van der Waals surface area contributed by atoms with Gasteiger partial charge in [-0.15, -0.1) is 0 Å². The minimum Gasteiger partial charge on any atom is -0.342 e. The SMILES string of the molecule is CCSC1CCC(N(C)C(=O)CNCC2CC2)C1. The molecular weight excluding hydrogens is 244 g/mol. The zero-order valence-electron chi connectivity index (χ0n) is 11.7. The Morgan fingerprint density at radius 1 is 1.33 bits per heavy atom. The third-order valence-corrected chi connectivity index (χ3v) is 5.34. The molecule has 0 aromatic rings. The van der Waals surface area contributed by atoms with Crippen LogP contribution in [0.2, 0.25) is 0 Å². The summed E-state index contributed by atoms with van der Waals surface area (Å²) in [5.41, 5.74) is 0. The molecule has 0 aromatic carbocycles. The Morgan fingerprint density at radius 3 is 2.78 bits per heavy atom. The summed E-state index contributed by atoms with van der Waals surface area (Å²) in [7, 11) is 1.98. The van der Waals surface area contributed by atoms with E-state index in [2.05, 4.69) is 12.2 Å². The largest absolute Gasteiger partial charge is 0.342 e. The van der Waals surface area contributed by atoms with Gasteiger partial charge in [0.05, 0.1) is 6.54 Å². The molecule has 104 valence electrons. The highest BCUT2D eigenvalue weighted by atomic mass is 32.2. The van der Waals surface area contributed by atoms with Gasteiger partial charge in [-0.25, -0.2) is 0 Å². The van der Waals surface area contributed by atoms with Gasteiger partial charge in [0.2, 0.25) is 5.91 Å². The van der Waals surface area contributed by atoms with Gasteiger partial charge >= 0.3 is 0 Å². The van der Waals surface area contributed by atoms with Crippen LogP contribution in [-0.4, -0.2) is 48.0 Å². The molecule has 2 atom stereocenters. The topological polar surface area (TPSA) is 32.3 Å². The van der Waals surface area contributed by atoms with Crippen LogP contribution in [0.15, 0.2) is 0 Å². The van der Waals surface area contributed by atoms with Crippen LogP contribution in [0.25, 0.3) is 0 Å². The molecule has 0 spiro atoms. The zero-order valence-corrected chi connectivity index (χ0v) is 12.5. The lowest BCUT2D eigenvalue weighted by Crippen LogP contribution is -2.41. The number of carbonyl (C=O) groups excluding carboxylic acids is 1. The Bertz CT molecular complexity index is 281. The summed E-state index contributed by atoms with van der Waals surface area (Å²) in [6.07, 6.45) is 6.33. The van der Waals surface area contributed by atoms with E-state index in [1.54, 1.807) is 0 Å². The van der Waals surface area contributed by atoms with Crippen molar-refractivity contribution in [2.24, 2.45) is 5.92 Å². The van der Waals surface area contributed by atoms with Crippen LogP contribution >= 0.6 is 11.8 Å². The van der Waals surface area contributed by atoms with Gasteiger partial charge in [-0.05, 0) is 50.3 Å². The quantitative estimate of drug-likeness (QED) is 0.769. The summed E-state index contributed by atoms with van der Waals surface area (Å²) >= 11 is 2.05. The van der Waals surface area contributed by atoms with E-state index in [4.69, 9.17) is 0 Å². The molecule has 0 heterocycles. The average Bonchev–Trinajstić information content (AvgIpc) is 3.06. The lowest BCUT2D eigenvalue weighted by molar-refractivity contribution is -0.130. The van der Waals surface area contributed by atoms with Gasteiger partial charge in [0, 0.05) is 18.3 Å². The number of amides is 1. The third-order valence-electron chi connectivity index (χ3n) is 4.11. The highest BCUT2D eigenvalue weighted by Crippen LogP contribution is 2.32. The van der Waals surface area contributed by atoms with Crippen LogP contribution < -0.4 is 5.32 Å². The maximum absolute atomic E-state index is 12.1. The molecule has 2 rings (SSSR count). The Kier molecular flexibility index (Phi) is 5.37. The predicted octanol–water partition coefficient (Wildman–Crippen LogP) is 2.12. The molecule has 2 aliphatic rings. The number of rotatable bonds is 7. The Hall–Kier alpha value is -0.220. The molecule has 1 N–H and O–H groups in total. The monoisotopic (exact) mass is 270 g/mol. The van der Waals surface area contributed by atoms with Gasteiger partial charge in [0.15, 0.2) is 0 Å². The van der Waals surface area contributed by atoms with Gasteiger partial charge in [-0.3, -0.25) is 4.79 Å². The number of likely N-dealkylation sites (N-methyl/N-ethyl adjacent to an activating group) is 1. The summed E-state index contributed by atoms with van der Waals surface area (Å²) in [4.78, 5) is 14.0. The van der Waals surface area contributed by atoms with Gasteiger partial charge < -0.3 is 10.2 Å². The number of carbonyl (C=O) groups is 1. The fraction of sp³-hybridized carbons (Fsp3) is 0.929. The number of hydrogen-bond acceptors (Lipinski definition) is 3. The second-order valence-electron chi connectivity index (χ2n) is 5.62. The fourth-order valence-electron chi connectivity index (χ4n) is 2.69. The second-order valence-corrected chi connectivity index (χ2v) is 7.20. The fourth-order valence-corrected chi connectivity index (χ4v) is 3.82. The normalized spacial score (nSPS) is 27.4. The highest BCUT2D eigenvalue weighted by molar-refractivity contribution is 7.99. The molecule has 0 aliphatic heterocycles. The summed E-state index contributed by atoms with van der Waals surface area (Å²) in [5.74, 6) is 2.31. The van der Waals surface area contributed by atoms with Crippen LogP contribution in [0.5, 0.6) is 0 Å². The molecule has 3 nitrogen and oxygen atoms in total. The summed E-state index contributed by atoms with van der Waals surface area (Å²) in [6, 6.07) is 0.476. The van der Waals surface area contributed by atoms with Crippen molar-refractivity contribution in [3.05, 3.63) is 0 Å². The number of nitrogens with one attached hydrogen (secondary N) is 1. The molecule has 0 aromatic heterocycles. The first kappa shape index (κ1) is 14.2. The first-order valence-electron chi connectivity index (χ1n) is 7.28. The molecule has 1 amide bonds. The van der Waals surface area contributed by atoms with Crippen molar-refractivity contribution in [3.8, 4) is 0 Å². The number of hydrogen-bond donors (Lipinski definition) is 1. The predicted molar refractivity (Wildman–Crippen MR) is 77.9 cm³/mol. The standard InChI is InChI=1S/C14H26N2OS/c1-3-18-13-7-6-12(8-13)16(2)14(17)10-15-9-11-4-5-11/h11-13,15H,3-10H2,1-2H3. The zero-order chi connectivity index (χ0) is 13.0. The molecule has 18 heavy (non-hydrogen) atoms. The van der Waals surface area contributed by atoms with E-state index < -0.39 is 0 Å². The van der Waals surface area contributed by atoms with Crippen molar-refractivity contribution < 1.29 is 4.79 Å². The van der Waals surface area contributed by atoms with E-state index in [-0.39, 0.29) is 5.91 Å². The molecular formula is C14H26N2OS. The maximum Gasteiger partial charge on any atom is 0.236 e.